The lowest BCUT2D eigenvalue weighted by molar-refractivity contribution is -0.149. The molecule has 0 fully saturated rings. The van der Waals surface area contributed by atoms with E-state index in [1.54, 1.807) is 0 Å². The van der Waals surface area contributed by atoms with E-state index < -0.39 is 23.3 Å². The first-order valence-corrected chi connectivity index (χ1v) is 5.25. The van der Waals surface area contributed by atoms with Crippen molar-refractivity contribution in [1.29, 1.82) is 0 Å². The summed E-state index contributed by atoms with van der Waals surface area (Å²) in [6, 6.07) is 0. The SMILES string of the molecule is O=CC(=O)CC1=C(Cl)CC(Cl)(C(F)(F)F)C=C1. The molecule has 0 aliphatic heterocycles. The van der Waals surface area contributed by atoms with Crippen LogP contribution in [0.4, 0.5) is 13.2 Å². The highest BCUT2D eigenvalue weighted by Gasteiger charge is 2.53. The molecule has 1 aliphatic carbocycles. The highest BCUT2D eigenvalue weighted by Crippen LogP contribution is 2.46. The molecule has 0 heterocycles. The number of Topliss-reactive ketones (excluding diaryl/α,β-unsaturated/α-hetero) is 1. The molecular weight excluding hydrogens is 280 g/mol. The maximum atomic E-state index is 12.6. The topological polar surface area (TPSA) is 34.1 Å². The van der Waals surface area contributed by atoms with E-state index in [0.29, 0.717) is 0 Å². The van der Waals surface area contributed by atoms with Crippen molar-refractivity contribution in [1.82, 2.24) is 0 Å². The average molecular weight is 287 g/mol. The minimum atomic E-state index is -4.63. The Hall–Kier alpha value is -0.810. The van der Waals surface area contributed by atoms with E-state index in [4.69, 9.17) is 23.2 Å². The van der Waals surface area contributed by atoms with Gasteiger partial charge in [-0.15, -0.1) is 11.6 Å². The molecule has 17 heavy (non-hydrogen) atoms. The van der Waals surface area contributed by atoms with Crippen molar-refractivity contribution >= 4 is 35.3 Å². The van der Waals surface area contributed by atoms with E-state index in [1.165, 1.54) is 0 Å². The number of allylic oxidation sites excluding steroid dienone is 4. The minimum absolute atomic E-state index is 0.0946. The summed E-state index contributed by atoms with van der Waals surface area (Å²) in [4.78, 5) is 18.4. The van der Waals surface area contributed by atoms with Gasteiger partial charge in [0, 0.05) is 17.9 Å². The van der Waals surface area contributed by atoms with Crippen molar-refractivity contribution in [2.24, 2.45) is 0 Å². The number of hydrogen-bond donors (Lipinski definition) is 0. The largest absolute Gasteiger partial charge is 0.411 e. The molecular formula is C10H7Cl2F3O2. The molecule has 0 amide bonds. The summed E-state index contributed by atoms with van der Waals surface area (Å²) in [5.41, 5.74) is 0.185. The van der Waals surface area contributed by atoms with E-state index in [-0.39, 0.29) is 23.3 Å². The lowest BCUT2D eigenvalue weighted by Crippen LogP contribution is -2.39. The maximum Gasteiger partial charge on any atom is 0.411 e. The molecule has 1 unspecified atom stereocenters. The van der Waals surface area contributed by atoms with Gasteiger partial charge in [-0.1, -0.05) is 23.8 Å². The summed E-state index contributed by atoms with van der Waals surface area (Å²) in [7, 11) is 0. The molecule has 94 valence electrons. The normalized spacial score (nSPS) is 25.0. The fourth-order valence-corrected chi connectivity index (χ4v) is 1.91. The van der Waals surface area contributed by atoms with E-state index >= 15 is 0 Å². The van der Waals surface area contributed by atoms with Crippen LogP contribution in [0.1, 0.15) is 12.8 Å². The Morgan fingerprint density at radius 3 is 2.53 bits per heavy atom. The molecule has 1 rings (SSSR count). The van der Waals surface area contributed by atoms with Gasteiger partial charge in [-0.25, -0.2) is 0 Å². The quantitative estimate of drug-likeness (QED) is 0.454. The monoisotopic (exact) mass is 286 g/mol. The van der Waals surface area contributed by atoms with Crippen LogP contribution in [0.3, 0.4) is 0 Å². The molecule has 7 heteroatoms. The van der Waals surface area contributed by atoms with Crippen LogP contribution in [-0.2, 0) is 9.59 Å². The van der Waals surface area contributed by atoms with E-state index in [0.717, 1.165) is 12.2 Å². The van der Waals surface area contributed by atoms with Crippen molar-refractivity contribution in [3.05, 3.63) is 22.8 Å². The highest BCUT2D eigenvalue weighted by molar-refractivity contribution is 6.33. The summed E-state index contributed by atoms with van der Waals surface area (Å²) in [6.07, 6.45) is -3.72. The Bertz CT molecular complexity index is 412. The molecule has 1 aliphatic rings. The van der Waals surface area contributed by atoms with Crippen LogP contribution in [-0.4, -0.2) is 23.1 Å². The van der Waals surface area contributed by atoms with Crippen LogP contribution in [0.25, 0.3) is 0 Å². The van der Waals surface area contributed by atoms with Crippen LogP contribution < -0.4 is 0 Å². The van der Waals surface area contributed by atoms with Crippen LogP contribution in [0.5, 0.6) is 0 Å². The van der Waals surface area contributed by atoms with E-state index in [1.807, 2.05) is 0 Å². The Morgan fingerprint density at radius 1 is 1.53 bits per heavy atom. The second-order valence-corrected chi connectivity index (χ2v) is 4.69. The first-order valence-electron chi connectivity index (χ1n) is 4.50. The van der Waals surface area contributed by atoms with Crippen LogP contribution in [0, 0.1) is 0 Å². The van der Waals surface area contributed by atoms with Gasteiger partial charge < -0.3 is 0 Å². The van der Waals surface area contributed by atoms with Gasteiger partial charge in [0.2, 0.25) is 0 Å². The summed E-state index contributed by atoms with van der Waals surface area (Å²) in [5.74, 6) is -0.753. The van der Waals surface area contributed by atoms with Gasteiger partial charge in [0.05, 0.1) is 0 Å². The van der Waals surface area contributed by atoms with E-state index in [9.17, 15) is 22.8 Å². The zero-order valence-corrected chi connectivity index (χ0v) is 9.86. The number of halogens is 5. The lowest BCUT2D eigenvalue weighted by Gasteiger charge is -2.29. The van der Waals surface area contributed by atoms with Gasteiger partial charge in [-0.3, -0.25) is 9.59 Å². The minimum Gasteiger partial charge on any atom is -0.295 e. The van der Waals surface area contributed by atoms with Gasteiger partial charge in [0.15, 0.2) is 16.9 Å². The Morgan fingerprint density at radius 2 is 2.12 bits per heavy atom. The molecule has 0 saturated carbocycles. The summed E-state index contributed by atoms with van der Waals surface area (Å²) < 4.78 is 37.7. The summed E-state index contributed by atoms with van der Waals surface area (Å²) in [5, 5.41) is -0.157. The molecule has 0 aromatic heterocycles. The van der Waals surface area contributed by atoms with Gasteiger partial charge in [-0.2, -0.15) is 13.2 Å². The zero-order chi connectivity index (χ0) is 13.3. The molecule has 0 saturated heterocycles. The van der Waals surface area contributed by atoms with Crippen molar-refractivity contribution in [2.45, 2.75) is 23.9 Å². The fourth-order valence-electron chi connectivity index (χ4n) is 1.30. The lowest BCUT2D eigenvalue weighted by atomic mass is 9.93. The number of carbonyl (C=O) groups is 2. The molecule has 2 nitrogen and oxygen atoms in total. The molecule has 0 spiro atoms. The van der Waals surface area contributed by atoms with Crippen molar-refractivity contribution < 1.29 is 22.8 Å². The average Bonchev–Trinajstić information content (AvgIpc) is 2.20. The first kappa shape index (κ1) is 14.3. The third-order valence-electron chi connectivity index (χ3n) is 2.28. The number of hydrogen-bond acceptors (Lipinski definition) is 2. The second-order valence-electron chi connectivity index (χ2n) is 3.56. The standard InChI is InChI=1S/C10H7Cl2F3O2/c11-8-4-9(12,10(13,14)15)2-1-6(8)3-7(17)5-16/h1-2,5H,3-4H2. The molecule has 1 atom stereocenters. The number of carbonyl (C=O) groups excluding carboxylic acids is 2. The Balaban J connectivity index is 2.91. The van der Waals surface area contributed by atoms with E-state index in [2.05, 4.69) is 0 Å². The fraction of sp³-hybridized carbons (Fsp3) is 0.400. The van der Waals surface area contributed by atoms with Gasteiger partial charge in [-0.05, 0) is 5.57 Å². The van der Waals surface area contributed by atoms with Crippen molar-refractivity contribution in [3.8, 4) is 0 Å². The number of aldehydes is 1. The summed E-state index contributed by atoms with van der Waals surface area (Å²) >= 11 is 11.0. The summed E-state index contributed by atoms with van der Waals surface area (Å²) in [6.45, 7) is 0. The Labute approximate surface area is 105 Å². The van der Waals surface area contributed by atoms with Gasteiger partial charge in [0.1, 0.15) is 0 Å². The predicted octanol–water partition coefficient (Wildman–Crippen LogP) is 3.14. The number of rotatable bonds is 3. The molecule has 0 aromatic rings. The van der Waals surface area contributed by atoms with Gasteiger partial charge in [0.25, 0.3) is 0 Å². The first-order chi connectivity index (χ1) is 7.69. The van der Waals surface area contributed by atoms with Gasteiger partial charge >= 0.3 is 6.18 Å². The predicted molar refractivity (Wildman–Crippen MR) is 57.0 cm³/mol. The molecule has 0 bridgehead atoms. The van der Waals surface area contributed by atoms with Crippen LogP contribution in [0.15, 0.2) is 22.8 Å². The molecule has 0 N–H and O–H groups in total. The Kier molecular flexibility index (Phi) is 4.04. The second kappa shape index (κ2) is 4.82. The molecule has 0 aromatic carbocycles. The third kappa shape index (κ3) is 3.10. The number of alkyl halides is 4. The smallest absolute Gasteiger partial charge is 0.295 e. The van der Waals surface area contributed by atoms with Crippen LogP contribution >= 0.6 is 23.2 Å². The zero-order valence-electron chi connectivity index (χ0n) is 8.35. The van der Waals surface area contributed by atoms with Crippen molar-refractivity contribution in [2.75, 3.05) is 0 Å². The maximum absolute atomic E-state index is 12.6. The van der Waals surface area contributed by atoms with Crippen molar-refractivity contribution in [3.63, 3.8) is 0 Å². The third-order valence-corrected chi connectivity index (χ3v) is 3.13. The highest BCUT2D eigenvalue weighted by atomic mass is 35.5. The van der Waals surface area contributed by atoms with Crippen LogP contribution in [0.2, 0.25) is 0 Å². The number of ketones is 1. The molecule has 0 radical (unpaired) electrons.